The third-order valence-electron chi connectivity index (χ3n) is 7.36. The van der Waals surface area contributed by atoms with Crippen LogP contribution >= 0.6 is 0 Å². The van der Waals surface area contributed by atoms with E-state index in [0.717, 1.165) is 35.3 Å². The van der Waals surface area contributed by atoms with Crippen molar-refractivity contribution in [2.24, 2.45) is 0 Å². The molecule has 0 aromatic heterocycles. The van der Waals surface area contributed by atoms with Gasteiger partial charge >= 0.3 is 6.09 Å². The monoisotopic (exact) mass is 516 g/mol. The number of aliphatic hydroxyl groups is 1. The number of para-hydroxylation sites is 1. The molecule has 2 aliphatic rings. The molecule has 5 rings (SSSR count). The van der Waals surface area contributed by atoms with Gasteiger partial charge in [0.05, 0.1) is 23.5 Å². The van der Waals surface area contributed by atoms with Crippen LogP contribution in [0.25, 0.3) is 0 Å². The highest BCUT2D eigenvalue weighted by Crippen LogP contribution is 2.34. The molecule has 2 atom stereocenters. The van der Waals surface area contributed by atoms with Crippen molar-refractivity contribution in [2.75, 3.05) is 22.9 Å². The fourth-order valence-corrected chi connectivity index (χ4v) is 5.27. The largest absolute Gasteiger partial charge is 0.630 e. The predicted octanol–water partition coefficient (Wildman–Crippen LogP) is 3.36. The Morgan fingerprint density at radius 3 is 2.50 bits per heavy atom. The first-order chi connectivity index (χ1) is 18.5. The SMILES string of the molecule is CC(NC(=O)c1ccc(N2CCC(N3C(=O)OCc4ccccc43)CC2)c([NH2+][O-])c1)C(O)c1ccccc1. The van der Waals surface area contributed by atoms with Crippen molar-refractivity contribution < 1.29 is 24.9 Å². The third kappa shape index (κ3) is 5.22. The van der Waals surface area contributed by atoms with Gasteiger partial charge in [-0.2, -0.15) is 0 Å². The number of cyclic esters (lactones) is 1. The maximum absolute atomic E-state index is 12.9. The van der Waals surface area contributed by atoms with Gasteiger partial charge in [-0.1, -0.05) is 48.5 Å². The van der Waals surface area contributed by atoms with E-state index in [2.05, 4.69) is 10.2 Å². The van der Waals surface area contributed by atoms with E-state index in [1.807, 2.05) is 54.6 Å². The second-order valence-electron chi connectivity index (χ2n) is 9.78. The molecule has 2 amide bonds. The number of fused-ring (bicyclic) bond motifs is 1. The molecule has 4 N–H and O–H groups in total. The summed E-state index contributed by atoms with van der Waals surface area (Å²) in [5.74, 6) is -0.358. The Bertz CT molecular complexity index is 1290. The van der Waals surface area contributed by atoms with Crippen molar-refractivity contribution in [3.05, 3.63) is 94.7 Å². The molecule has 2 aliphatic heterocycles. The van der Waals surface area contributed by atoms with Crippen molar-refractivity contribution in [1.82, 2.24) is 5.32 Å². The van der Waals surface area contributed by atoms with Crippen LogP contribution in [0.15, 0.2) is 72.8 Å². The van der Waals surface area contributed by atoms with Crippen molar-refractivity contribution in [3.63, 3.8) is 0 Å². The van der Waals surface area contributed by atoms with Gasteiger partial charge in [0.2, 0.25) is 0 Å². The molecule has 9 heteroatoms. The minimum atomic E-state index is -0.851. The Hall–Kier alpha value is -3.92. The molecule has 0 saturated carbocycles. The van der Waals surface area contributed by atoms with Crippen LogP contribution < -0.4 is 20.6 Å². The number of nitrogens with one attached hydrogen (secondary N) is 1. The standard InChI is InChI=1S/C29H32N4O5/c1-19(27(34)20-7-3-2-4-8-20)30-28(35)21-11-12-26(24(17-21)31-37)32-15-13-23(14-16-32)33-25-10-6-5-9-22(25)18-38-29(33)36/h2-12,17,19,23,27,34H,13-16,18,31H2,1H3,(H,30,35). The first-order valence-corrected chi connectivity index (χ1v) is 12.9. The van der Waals surface area contributed by atoms with E-state index < -0.39 is 12.1 Å². The fourth-order valence-electron chi connectivity index (χ4n) is 5.27. The zero-order valence-corrected chi connectivity index (χ0v) is 21.2. The summed E-state index contributed by atoms with van der Waals surface area (Å²) in [6.07, 6.45) is 0.269. The van der Waals surface area contributed by atoms with E-state index in [1.54, 1.807) is 30.0 Å². The second-order valence-corrected chi connectivity index (χ2v) is 9.78. The van der Waals surface area contributed by atoms with Gasteiger partial charge < -0.3 is 30.7 Å². The van der Waals surface area contributed by atoms with Gasteiger partial charge in [-0.15, -0.1) is 0 Å². The number of hydrogen-bond donors (Lipinski definition) is 3. The normalized spacial score (nSPS) is 17.4. The minimum absolute atomic E-state index is 0.00228. The lowest BCUT2D eigenvalue weighted by Crippen LogP contribution is -2.70. The van der Waals surface area contributed by atoms with Crippen molar-refractivity contribution in [2.45, 2.75) is 44.6 Å². The molecule has 1 fully saturated rings. The van der Waals surface area contributed by atoms with Crippen LogP contribution in [0, 0.1) is 5.21 Å². The first kappa shape index (κ1) is 25.7. The van der Waals surface area contributed by atoms with Crippen LogP contribution in [-0.2, 0) is 11.3 Å². The summed E-state index contributed by atoms with van der Waals surface area (Å²) in [5.41, 5.74) is 4.91. The van der Waals surface area contributed by atoms with Gasteiger partial charge in [-0.05, 0) is 43.5 Å². The summed E-state index contributed by atoms with van der Waals surface area (Å²) in [6, 6.07) is 21.5. The van der Waals surface area contributed by atoms with Gasteiger partial charge in [-0.25, -0.2) is 4.79 Å². The number of nitrogens with two attached hydrogens (primary N) is 1. The highest BCUT2D eigenvalue weighted by molar-refractivity contribution is 5.96. The lowest BCUT2D eigenvalue weighted by molar-refractivity contribution is -0.496. The Labute approximate surface area is 221 Å². The smallest absolute Gasteiger partial charge is 0.414 e. The predicted molar refractivity (Wildman–Crippen MR) is 144 cm³/mol. The van der Waals surface area contributed by atoms with Crippen molar-refractivity contribution in [3.8, 4) is 0 Å². The first-order valence-electron chi connectivity index (χ1n) is 12.9. The molecule has 2 unspecified atom stereocenters. The number of carbonyl (C=O) groups is 2. The molecule has 198 valence electrons. The number of aliphatic hydroxyl groups excluding tert-OH is 1. The summed E-state index contributed by atoms with van der Waals surface area (Å²) in [4.78, 5) is 29.4. The summed E-state index contributed by atoms with van der Waals surface area (Å²) in [5, 5.41) is 25.4. The van der Waals surface area contributed by atoms with E-state index in [-0.39, 0.29) is 24.6 Å². The number of hydrogen-bond acceptors (Lipinski definition) is 6. The quantitative estimate of drug-likeness (QED) is 0.327. The Kier molecular flexibility index (Phi) is 7.59. The fraction of sp³-hybridized carbons (Fsp3) is 0.310. The number of piperidine rings is 1. The van der Waals surface area contributed by atoms with Gasteiger partial charge in [0.25, 0.3) is 5.91 Å². The topological polar surface area (TPSA) is 122 Å². The van der Waals surface area contributed by atoms with Crippen LogP contribution in [-0.4, -0.2) is 42.3 Å². The van der Waals surface area contributed by atoms with Gasteiger partial charge in [0.1, 0.15) is 6.61 Å². The summed E-state index contributed by atoms with van der Waals surface area (Å²) in [7, 11) is 0. The molecule has 38 heavy (non-hydrogen) atoms. The number of carbonyl (C=O) groups excluding carboxylic acids is 2. The van der Waals surface area contributed by atoms with Crippen molar-refractivity contribution >= 4 is 29.1 Å². The second kappa shape index (κ2) is 11.2. The number of rotatable bonds is 7. The van der Waals surface area contributed by atoms with E-state index in [0.29, 0.717) is 29.9 Å². The van der Waals surface area contributed by atoms with Crippen LogP contribution in [0.2, 0.25) is 0 Å². The number of benzene rings is 3. The van der Waals surface area contributed by atoms with E-state index in [1.165, 1.54) is 0 Å². The molecule has 0 radical (unpaired) electrons. The molecule has 3 aromatic rings. The summed E-state index contributed by atoms with van der Waals surface area (Å²) >= 11 is 0. The number of amides is 2. The third-order valence-corrected chi connectivity index (χ3v) is 7.36. The van der Waals surface area contributed by atoms with E-state index >= 15 is 0 Å². The summed E-state index contributed by atoms with van der Waals surface area (Å²) in [6.45, 7) is 3.34. The number of nitrogens with zero attached hydrogens (tertiary/aromatic N) is 2. The lowest BCUT2D eigenvalue weighted by atomic mass is 9.99. The maximum Gasteiger partial charge on any atom is 0.414 e. The van der Waals surface area contributed by atoms with Crippen LogP contribution in [0.1, 0.15) is 47.4 Å². The van der Waals surface area contributed by atoms with Crippen molar-refractivity contribution in [1.29, 1.82) is 0 Å². The summed E-state index contributed by atoms with van der Waals surface area (Å²) < 4.78 is 5.39. The van der Waals surface area contributed by atoms with Gasteiger partial charge in [0, 0.05) is 36.3 Å². The highest BCUT2D eigenvalue weighted by atomic mass is 16.6. The van der Waals surface area contributed by atoms with Gasteiger partial charge in [-0.3, -0.25) is 9.69 Å². The average molecular weight is 517 g/mol. The molecule has 3 aromatic carbocycles. The maximum atomic E-state index is 12.9. The van der Waals surface area contributed by atoms with Crippen LogP contribution in [0.3, 0.4) is 0 Å². The lowest BCUT2D eigenvalue weighted by Gasteiger charge is -2.41. The van der Waals surface area contributed by atoms with E-state index in [4.69, 9.17) is 4.74 Å². The molecule has 0 bridgehead atoms. The van der Waals surface area contributed by atoms with Crippen LogP contribution in [0.5, 0.6) is 0 Å². The zero-order valence-electron chi connectivity index (χ0n) is 21.2. The molecular formula is C29H32N4O5. The van der Waals surface area contributed by atoms with E-state index in [9.17, 15) is 19.9 Å². The molecule has 0 spiro atoms. The molecule has 0 aliphatic carbocycles. The average Bonchev–Trinajstić information content (AvgIpc) is 2.97. The van der Waals surface area contributed by atoms with Crippen LogP contribution in [0.4, 0.5) is 21.9 Å². The molecule has 9 nitrogen and oxygen atoms in total. The molecule has 1 saturated heterocycles. The number of quaternary nitrogens is 1. The molecular weight excluding hydrogens is 484 g/mol. The minimum Gasteiger partial charge on any atom is -0.630 e. The van der Waals surface area contributed by atoms with Gasteiger partial charge in [0.15, 0.2) is 5.69 Å². The Morgan fingerprint density at radius 1 is 1.05 bits per heavy atom. The molecule has 2 heterocycles. The number of ether oxygens (including phenoxy) is 1. The Morgan fingerprint density at radius 2 is 1.76 bits per heavy atom. The number of anilines is 2. The Balaban J connectivity index is 1.24. The highest BCUT2D eigenvalue weighted by Gasteiger charge is 2.34. The zero-order chi connectivity index (χ0) is 26.6.